The third-order valence-corrected chi connectivity index (χ3v) is 9.54. The Hall–Kier alpha value is -5.07. The number of primary amides is 1. The third-order valence-electron chi connectivity index (χ3n) is 9.54. The molecule has 0 saturated carbocycles. The number of hydrogen-bond acceptors (Lipinski definition) is 7. The Balaban J connectivity index is 1.31. The highest BCUT2D eigenvalue weighted by molar-refractivity contribution is 5.94. The van der Waals surface area contributed by atoms with Crippen molar-refractivity contribution >= 4 is 23.5 Å². The van der Waals surface area contributed by atoms with Gasteiger partial charge in [0.1, 0.15) is 24.4 Å². The van der Waals surface area contributed by atoms with Crippen LogP contribution in [0.2, 0.25) is 0 Å². The summed E-state index contributed by atoms with van der Waals surface area (Å²) in [5, 5.41) is 6.12. The fourth-order valence-corrected chi connectivity index (χ4v) is 6.90. The van der Waals surface area contributed by atoms with Crippen LogP contribution in [0, 0.1) is 6.92 Å². The lowest BCUT2D eigenvalue weighted by Crippen LogP contribution is -2.58. The van der Waals surface area contributed by atoms with Gasteiger partial charge in [0.2, 0.25) is 11.8 Å². The van der Waals surface area contributed by atoms with Crippen molar-refractivity contribution in [3.8, 4) is 0 Å². The predicted molar refractivity (Wildman–Crippen MR) is 200 cm³/mol. The van der Waals surface area contributed by atoms with Crippen LogP contribution in [0.25, 0.3) is 0 Å². The van der Waals surface area contributed by atoms with E-state index in [0.717, 1.165) is 22.3 Å². The Bertz CT molecular complexity index is 1830. The van der Waals surface area contributed by atoms with E-state index in [0.29, 0.717) is 12.1 Å². The van der Waals surface area contributed by atoms with E-state index in [1.165, 1.54) is 0 Å². The molecule has 53 heavy (non-hydrogen) atoms. The number of fused-ring (bicyclic) bond motifs is 1. The molecule has 0 aliphatic carbocycles. The van der Waals surface area contributed by atoms with Crippen molar-refractivity contribution in [1.82, 2.24) is 10.2 Å². The number of nitrogens with two attached hydrogens (primary N) is 1. The Morgan fingerprint density at radius 2 is 1.43 bits per heavy atom. The molecule has 2 aliphatic heterocycles. The van der Waals surface area contributed by atoms with Gasteiger partial charge in [-0.2, -0.15) is 0 Å². The largest absolute Gasteiger partial charge is 0.370 e. The van der Waals surface area contributed by atoms with Crippen LogP contribution in [0.3, 0.4) is 0 Å². The Kier molecular flexibility index (Phi) is 12.2. The zero-order valence-corrected chi connectivity index (χ0v) is 30.4. The first-order valence-corrected chi connectivity index (χ1v) is 18.0. The fraction of sp³-hybridized carbons (Fsp3) is 0.357. The average Bonchev–Trinajstić information content (AvgIpc) is 3.63. The highest BCUT2D eigenvalue weighted by Gasteiger charge is 2.57. The molecule has 0 radical (unpaired) electrons. The van der Waals surface area contributed by atoms with Crippen molar-refractivity contribution in [3.05, 3.63) is 138 Å². The topological polar surface area (TPSA) is 141 Å². The van der Waals surface area contributed by atoms with Gasteiger partial charge in [0.15, 0.2) is 12.1 Å². The van der Waals surface area contributed by atoms with Gasteiger partial charge in [-0.1, -0.05) is 109 Å². The highest BCUT2D eigenvalue weighted by Crippen LogP contribution is 2.40. The summed E-state index contributed by atoms with van der Waals surface area (Å²) in [6.45, 7) is 5.96. The molecule has 6 rings (SSSR count). The molecule has 11 nitrogen and oxygen atoms in total. The summed E-state index contributed by atoms with van der Waals surface area (Å²) in [7, 11) is 0. The third kappa shape index (κ3) is 9.88. The monoisotopic (exact) mass is 720 g/mol. The van der Waals surface area contributed by atoms with Crippen LogP contribution in [0.15, 0.2) is 115 Å². The number of benzene rings is 4. The summed E-state index contributed by atoms with van der Waals surface area (Å²) in [6, 6.07) is 34.1. The molecule has 2 heterocycles. The summed E-state index contributed by atoms with van der Waals surface area (Å²) >= 11 is 0. The maximum Gasteiger partial charge on any atom is 0.322 e. The molecule has 4 N–H and O–H groups in total. The van der Waals surface area contributed by atoms with Gasteiger partial charge in [-0.15, -0.1) is 0 Å². The molecular formula is C42H48N4O7. The number of nitrogens with one attached hydrogen (secondary N) is 2. The minimum absolute atomic E-state index is 0.205. The molecule has 2 aliphatic rings. The van der Waals surface area contributed by atoms with Crippen LogP contribution in [-0.4, -0.2) is 71.8 Å². The molecule has 2 saturated heterocycles. The van der Waals surface area contributed by atoms with Crippen molar-refractivity contribution in [1.29, 1.82) is 0 Å². The maximum absolute atomic E-state index is 14.8. The van der Waals surface area contributed by atoms with Gasteiger partial charge in [-0.05, 0) is 55.5 Å². The Morgan fingerprint density at radius 1 is 0.830 bits per heavy atom. The number of para-hydroxylation sites is 1. The fourth-order valence-electron chi connectivity index (χ4n) is 6.90. The number of carbonyl (C=O) groups is 3. The molecule has 278 valence electrons. The van der Waals surface area contributed by atoms with Crippen molar-refractivity contribution in [2.75, 3.05) is 11.9 Å². The second-order valence-electron chi connectivity index (χ2n) is 14.0. The summed E-state index contributed by atoms with van der Waals surface area (Å²) in [4.78, 5) is 43.2. The van der Waals surface area contributed by atoms with Crippen molar-refractivity contribution in [3.63, 3.8) is 0 Å². The van der Waals surface area contributed by atoms with Crippen LogP contribution in [0.1, 0.15) is 42.5 Å². The van der Waals surface area contributed by atoms with E-state index >= 15 is 0 Å². The van der Waals surface area contributed by atoms with Gasteiger partial charge in [0.05, 0.1) is 12.6 Å². The van der Waals surface area contributed by atoms with Crippen LogP contribution >= 0.6 is 0 Å². The molecule has 0 unspecified atom stereocenters. The van der Waals surface area contributed by atoms with Crippen LogP contribution in [0.4, 0.5) is 10.5 Å². The zero-order chi connectivity index (χ0) is 37.4. The average molecular weight is 721 g/mol. The second-order valence-corrected chi connectivity index (χ2v) is 14.0. The van der Waals surface area contributed by atoms with Crippen molar-refractivity contribution < 1.29 is 33.3 Å². The van der Waals surface area contributed by atoms with E-state index in [-0.39, 0.29) is 26.0 Å². The molecule has 0 bridgehead atoms. The molecule has 6 atom stereocenters. The molecule has 0 spiro atoms. The van der Waals surface area contributed by atoms with Crippen LogP contribution in [-0.2, 0) is 48.0 Å². The molecule has 2 fully saturated rings. The minimum Gasteiger partial charge on any atom is -0.370 e. The van der Waals surface area contributed by atoms with E-state index in [1.807, 2.05) is 122 Å². The summed E-state index contributed by atoms with van der Waals surface area (Å²) in [6.07, 6.45) is -2.56. The smallest absolute Gasteiger partial charge is 0.322 e. The number of amides is 4. The second kappa shape index (κ2) is 17.2. The van der Waals surface area contributed by atoms with Crippen molar-refractivity contribution in [2.45, 2.75) is 89.1 Å². The van der Waals surface area contributed by atoms with E-state index < -0.39 is 60.3 Å². The highest BCUT2D eigenvalue weighted by atomic mass is 16.8. The predicted octanol–water partition coefficient (Wildman–Crippen LogP) is 5.50. The molecular weight excluding hydrogens is 672 g/mol. The molecule has 4 aromatic rings. The van der Waals surface area contributed by atoms with Crippen LogP contribution in [0.5, 0.6) is 0 Å². The molecule has 11 heteroatoms. The molecule has 4 aromatic carbocycles. The van der Waals surface area contributed by atoms with Gasteiger partial charge in [-0.3, -0.25) is 9.59 Å². The number of urea groups is 1. The van der Waals surface area contributed by atoms with E-state index in [2.05, 4.69) is 10.6 Å². The summed E-state index contributed by atoms with van der Waals surface area (Å²) in [5.74, 6) is -2.04. The summed E-state index contributed by atoms with van der Waals surface area (Å²) < 4.78 is 25.2. The van der Waals surface area contributed by atoms with Gasteiger partial charge in [-0.25, -0.2) is 4.79 Å². The number of hydrogen-bond donors (Lipinski definition) is 3. The van der Waals surface area contributed by atoms with E-state index in [1.54, 1.807) is 18.7 Å². The zero-order valence-electron chi connectivity index (χ0n) is 30.4. The molecule has 0 aromatic heterocycles. The standard InChI is InChI=1S/C42H48N4O7/c1-28-15-13-14-22-32(28)45-41(49)46(24-23-29-16-7-4-8-17-29)34(25-30-18-9-5-10-19-30)39(48)44-33(26-35(43)47)36-37(50-27-31-20-11-6-12-21-31)38-40(51-36)53-42(2,3)52-38/h4-22,33-34,36-38,40H,23-27H2,1-3H3,(H2,43,47)(H,44,48)(H,45,49)/t33-,34-,36-,37+,38-,40-/m0/s1. The summed E-state index contributed by atoms with van der Waals surface area (Å²) in [5.41, 5.74) is 10.1. The minimum atomic E-state index is -0.989. The number of rotatable bonds is 15. The van der Waals surface area contributed by atoms with Gasteiger partial charge in [0.25, 0.3) is 0 Å². The number of aryl methyl sites for hydroxylation is 1. The van der Waals surface area contributed by atoms with Gasteiger partial charge < -0.3 is 40.2 Å². The molecule has 4 amide bonds. The first-order chi connectivity index (χ1) is 25.6. The number of ether oxygens (including phenoxy) is 4. The first kappa shape index (κ1) is 37.7. The number of anilines is 1. The first-order valence-electron chi connectivity index (χ1n) is 18.0. The maximum atomic E-state index is 14.8. The SMILES string of the molecule is Cc1ccccc1NC(=O)N(CCc1ccccc1)[C@@H](Cc1ccccc1)C(=O)N[C@@H](CC(N)=O)[C@@H]1O[C@H]2OC(C)(C)O[C@H]2[C@@H]1OCc1ccccc1. The quantitative estimate of drug-likeness (QED) is 0.147. The lowest BCUT2D eigenvalue weighted by molar-refractivity contribution is -0.222. The lowest BCUT2D eigenvalue weighted by Gasteiger charge is -2.35. The normalized spacial score (nSPS) is 21.3. The number of nitrogens with zero attached hydrogens (tertiary/aromatic N) is 1. The van der Waals surface area contributed by atoms with E-state index in [9.17, 15) is 14.4 Å². The van der Waals surface area contributed by atoms with Crippen LogP contribution < -0.4 is 16.4 Å². The van der Waals surface area contributed by atoms with E-state index in [4.69, 9.17) is 24.7 Å². The number of carbonyl (C=O) groups excluding carboxylic acids is 3. The van der Waals surface area contributed by atoms with Gasteiger partial charge in [0, 0.05) is 25.1 Å². The Labute approximate surface area is 310 Å². The van der Waals surface area contributed by atoms with Crippen molar-refractivity contribution in [2.24, 2.45) is 5.73 Å². The van der Waals surface area contributed by atoms with Gasteiger partial charge >= 0.3 is 6.03 Å². The lowest BCUT2D eigenvalue weighted by atomic mass is 9.98. The Morgan fingerprint density at radius 3 is 2.08 bits per heavy atom.